The molecule has 0 radical (unpaired) electrons. The highest BCUT2D eigenvalue weighted by Crippen LogP contribution is 2.21. The summed E-state index contributed by atoms with van der Waals surface area (Å²) in [5.74, 6) is -1.70. The lowest BCUT2D eigenvalue weighted by Crippen LogP contribution is -2.31. The Morgan fingerprint density at radius 3 is 2.62 bits per heavy atom. The fourth-order valence-electron chi connectivity index (χ4n) is 1.96. The van der Waals surface area contributed by atoms with Crippen molar-refractivity contribution < 1.29 is 14.7 Å². The smallest absolute Gasteiger partial charge is 0.305 e. The van der Waals surface area contributed by atoms with Crippen molar-refractivity contribution >= 4 is 27.8 Å². The molecule has 0 aliphatic carbocycles. The minimum absolute atomic E-state index is 0.102. The van der Waals surface area contributed by atoms with Gasteiger partial charge in [-0.25, -0.2) is 0 Å². The van der Waals surface area contributed by atoms with E-state index in [2.05, 4.69) is 36.7 Å². The van der Waals surface area contributed by atoms with Crippen LogP contribution in [-0.2, 0) is 10.3 Å². The maximum absolute atomic E-state index is 12.3. The first-order chi connectivity index (χ1) is 11.2. The molecule has 8 nitrogen and oxygen atoms in total. The maximum atomic E-state index is 12.3. The molecule has 2 aromatic rings. The summed E-state index contributed by atoms with van der Waals surface area (Å²) in [6, 6.07) is 6.40. The lowest BCUT2D eigenvalue weighted by atomic mass is 10.0. The van der Waals surface area contributed by atoms with E-state index in [1.54, 1.807) is 18.2 Å². The Labute approximate surface area is 147 Å². The Bertz CT molecular complexity index is 754. The van der Waals surface area contributed by atoms with E-state index in [1.807, 2.05) is 26.8 Å². The average molecular weight is 396 g/mol. The number of tetrazole rings is 1. The van der Waals surface area contributed by atoms with E-state index < -0.39 is 23.5 Å². The fourth-order valence-corrected chi connectivity index (χ4v) is 2.38. The summed E-state index contributed by atoms with van der Waals surface area (Å²) < 4.78 is 0.793. The standard InChI is InChI=1S/C15H18BrN5O3/c1-15(2,3)21-19-13(18-20-21)14(24)17-11(8-12(22)23)9-5-4-6-10(16)7-9/h4-7,11H,8H2,1-3H3,(H,17,24)(H,22,23)/t11-/m1/s1. The fraction of sp³-hybridized carbons (Fsp3) is 0.400. The third-order valence-electron chi connectivity index (χ3n) is 3.15. The van der Waals surface area contributed by atoms with Gasteiger partial charge in [-0.15, -0.1) is 10.2 Å². The van der Waals surface area contributed by atoms with Crippen LogP contribution in [0.4, 0.5) is 0 Å². The van der Waals surface area contributed by atoms with Crippen LogP contribution in [0, 0.1) is 0 Å². The second-order valence-corrected chi connectivity index (χ2v) is 7.17. The molecule has 1 aromatic carbocycles. The van der Waals surface area contributed by atoms with Crippen LogP contribution in [0.3, 0.4) is 0 Å². The van der Waals surface area contributed by atoms with Crippen molar-refractivity contribution in [1.29, 1.82) is 0 Å². The molecular formula is C15H18BrN5O3. The van der Waals surface area contributed by atoms with Crippen molar-refractivity contribution in [2.75, 3.05) is 0 Å². The van der Waals surface area contributed by atoms with Gasteiger partial charge in [-0.05, 0) is 43.7 Å². The predicted octanol–water partition coefficient (Wildman–Crippen LogP) is 2.14. The molecule has 1 aromatic heterocycles. The molecule has 0 spiro atoms. The Balaban J connectivity index is 2.21. The zero-order chi connectivity index (χ0) is 17.9. The first-order valence-corrected chi connectivity index (χ1v) is 8.05. The molecule has 9 heteroatoms. The number of rotatable bonds is 5. The second-order valence-electron chi connectivity index (χ2n) is 6.25. The van der Waals surface area contributed by atoms with Gasteiger partial charge in [0.1, 0.15) is 0 Å². The van der Waals surface area contributed by atoms with E-state index in [4.69, 9.17) is 5.11 Å². The third kappa shape index (κ3) is 4.60. The zero-order valence-electron chi connectivity index (χ0n) is 13.5. The highest BCUT2D eigenvalue weighted by Gasteiger charge is 2.24. The highest BCUT2D eigenvalue weighted by atomic mass is 79.9. The number of benzene rings is 1. The van der Waals surface area contributed by atoms with Crippen LogP contribution in [0.5, 0.6) is 0 Å². The summed E-state index contributed by atoms with van der Waals surface area (Å²) in [4.78, 5) is 24.8. The molecule has 1 heterocycles. The molecule has 0 fully saturated rings. The van der Waals surface area contributed by atoms with E-state index in [9.17, 15) is 9.59 Å². The highest BCUT2D eigenvalue weighted by molar-refractivity contribution is 9.10. The number of halogens is 1. The quantitative estimate of drug-likeness (QED) is 0.801. The Hall–Kier alpha value is -2.29. The Kier molecular flexibility index (Phi) is 5.33. The molecule has 128 valence electrons. The normalized spacial score (nSPS) is 12.7. The second kappa shape index (κ2) is 7.08. The van der Waals surface area contributed by atoms with Crippen LogP contribution < -0.4 is 5.32 Å². The number of nitrogens with zero attached hydrogens (tertiary/aromatic N) is 4. The molecule has 0 saturated carbocycles. The van der Waals surface area contributed by atoms with Gasteiger partial charge in [0.2, 0.25) is 0 Å². The van der Waals surface area contributed by atoms with Crippen molar-refractivity contribution in [3.05, 3.63) is 40.1 Å². The maximum Gasteiger partial charge on any atom is 0.305 e. The number of amides is 1. The van der Waals surface area contributed by atoms with E-state index in [0.29, 0.717) is 5.56 Å². The summed E-state index contributed by atoms with van der Waals surface area (Å²) in [6.45, 7) is 5.64. The van der Waals surface area contributed by atoms with Gasteiger partial charge >= 0.3 is 5.97 Å². The van der Waals surface area contributed by atoms with E-state index in [0.717, 1.165) is 4.47 Å². The molecule has 0 aliphatic heterocycles. The lowest BCUT2D eigenvalue weighted by Gasteiger charge is -2.17. The van der Waals surface area contributed by atoms with Gasteiger partial charge in [0, 0.05) is 4.47 Å². The summed E-state index contributed by atoms with van der Waals surface area (Å²) in [5.41, 5.74) is 0.263. The number of aromatic nitrogens is 4. The third-order valence-corrected chi connectivity index (χ3v) is 3.65. The summed E-state index contributed by atoms with van der Waals surface area (Å²) >= 11 is 3.33. The van der Waals surface area contributed by atoms with Crippen LogP contribution in [0.25, 0.3) is 0 Å². The van der Waals surface area contributed by atoms with Crippen molar-refractivity contribution in [1.82, 2.24) is 25.5 Å². The van der Waals surface area contributed by atoms with Crippen molar-refractivity contribution in [3.8, 4) is 0 Å². The molecule has 24 heavy (non-hydrogen) atoms. The molecule has 0 bridgehead atoms. The van der Waals surface area contributed by atoms with Crippen molar-refractivity contribution in [2.24, 2.45) is 0 Å². The number of nitrogens with one attached hydrogen (secondary N) is 1. The minimum Gasteiger partial charge on any atom is -0.481 e. The van der Waals surface area contributed by atoms with Gasteiger partial charge in [0.05, 0.1) is 18.0 Å². The van der Waals surface area contributed by atoms with E-state index >= 15 is 0 Å². The first-order valence-electron chi connectivity index (χ1n) is 7.25. The molecule has 1 atom stereocenters. The van der Waals surface area contributed by atoms with Gasteiger partial charge in [-0.1, -0.05) is 28.1 Å². The topological polar surface area (TPSA) is 110 Å². The molecule has 2 N–H and O–H groups in total. The first kappa shape index (κ1) is 18.1. The number of aliphatic carboxylic acids is 1. The van der Waals surface area contributed by atoms with Crippen LogP contribution in [0.15, 0.2) is 28.7 Å². The van der Waals surface area contributed by atoms with E-state index in [1.165, 1.54) is 4.80 Å². The summed E-state index contributed by atoms with van der Waals surface area (Å²) in [6.07, 6.45) is -0.254. The number of carbonyl (C=O) groups is 2. The summed E-state index contributed by atoms with van der Waals surface area (Å²) in [7, 11) is 0. The van der Waals surface area contributed by atoms with Gasteiger partial charge in [0.15, 0.2) is 0 Å². The van der Waals surface area contributed by atoms with Crippen molar-refractivity contribution in [2.45, 2.75) is 38.8 Å². The number of hydrogen-bond donors (Lipinski definition) is 2. The molecule has 1 amide bonds. The molecule has 0 saturated heterocycles. The number of carbonyl (C=O) groups excluding carboxylic acids is 1. The van der Waals surface area contributed by atoms with Crippen molar-refractivity contribution in [3.63, 3.8) is 0 Å². The predicted molar refractivity (Wildman–Crippen MR) is 89.4 cm³/mol. The van der Waals surface area contributed by atoms with E-state index in [-0.39, 0.29) is 12.2 Å². The van der Waals surface area contributed by atoms with Gasteiger partial charge in [0.25, 0.3) is 11.7 Å². The zero-order valence-corrected chi connectivity index (χ0v) is 15.1. The molecule has 0 aliphatic rings. The number of hydrogen-bond acceptors (Lipinski definition) is 5. The molecule has 0 unspecified atom stereocenters. The van der Waals surface area contributed by atoms with Crippen LogP contribution in [0.2, 0.25) is 0 Å². The monoisotopic (exact) mass is 395 g/mol. The van der Waals surface area contributed by atoms with Crippen LogP contribution in [0.1, 0.15) is 49.4 Å². The Morgan fingerprint density at radius 1 is 1.38 bits per heavy atom. The van der Waals surface area contributed by atoms with Gasteiger partial charge < -0.3 is 10.4 Å². The van der Waals surface area contributed by atoms with Crippen LogP contribution in [-0.4, -0.2) is 37.2 Å². The average Bonchev–Trinajstić information content (AvgIpc) is 2.96. The van der Waals surface area contributed by atoms with Crippen LogP contribution >= 0.6 is 15.9 Å². The SMILES string of the molecule is CC(C)(C)n1nnc(C(=O)N[C@H](CC(=O)O)c2cccc(Br)c2)n1. The van der Waals surface area contributed by atoms with Gasteiger partial charge in [-0.2, -0.15) is 4.80 Å². The summed E-state index contributed by atoms with van der Waals surface area (Å²) in [5, 5.41) is 23.4. The molecule has 2 rings (SSSR count). The number of carboxylic acid groups (broad SMARTS) is 1. The van der Waals surface area contributed by atoms with Gasteiger partial charge in [-0.3, -0.25) is 9.59 Å². The lowest BCUT2D eigenvalue weighted by molar-refractivity contribution is -0.137. The largest absolute Gasteiger partial charge is 0.481 e. The Morgan fingerprint density at radius 2 is 2.08 bits per heavy atom. The number of carboxylic acids is 1. The minimum atomic E-state index is -1.02. The molecular weight excluding hydrogens is 378 g/mol.